The minimum absolute atomic E-state index is 0.00713. The molecule has 0 spiro atoms. The number of nitrogens with one attached hydrogen (secondary N) is 1. The summed E-state index contributed by atoms with van der Waals surface area (Å²) in [5.41, 5.74) is 1.76. The van der Waals surface area contributed by atoms with Crippen LogP contribution in [0.4, 0.5) is 11.4 Å². The molecule has 0 aromatic heterocycles. The Morgan fingerprint density at radius 2 is 2.33 bits per heavy atom. The van der Waals surface area contributed by atoms with Gasteiger partial charge >= 0.3 is 0 Å². The standard InChI is InChI=1S/C11H14N2O2/c1-3-13-10(14)7-15-9-6-4-5-8(12-2)11(9)13/h4-6,12H,3,7H2,1-2H3. The van der Waals surface area contributed by atoms with Crippen LogP contribution in [-0.4, -0.2) is 26.1 Å². The minimum Gasteiger partial charge on any atom is -0.481 e. The molecule has 1 heterocycles. The number of amides is 1. The molecule has 1 aliphatic heterocycles. The number of carbonyl (C=O) groups is 1. The van der Waals surface area contributed by atoms with Gasteiger partial charge in [-0.25, -0.2) is 0 Å². The monoisotopic (exact) mass is 206 g/mol. The van der Waals surface area contributed by atoms with Crippen LogP contribution in [-0.2, 0) is 4.79 Å². The lowest BCUT2D eigenvalue weighted by Crippen LogP contribution is -2.38. The SMILES string of the molecule is CCN1C(=O)COc2cccc(NC)c21. The number of likely N-dealkylation sites (N-methyl/N-ethyl adjacent to an activating group) is 1. The highest BCUT2D eigenvalue weighted by atomic mass is 16.5. The Hall–Kier alpha value is -1.71. The average molecular weight is 206 g/mol. The molecule has 0 radical (unpaired) electrons. The Kier molecular flexibility index (Phi) is 2.49. The second-order valence-corrected chi connectivity index (χ2v) is 3.33. The average Bonchev–Trinajstić information content (AvgIpc) is 2.28. The minimum atomic E-state index is 0.00713. The topological polar surface area (TPSA) is 41.6 Å². The first-order valence-electron chi connectivity index (χ1n) is 5.02. The Labute approximate surface area is 88.8 Å². The third-order valence-corrected chi connectivity index (χ3v) is 2.51. The van der Waals surface area contributed by atoms with E-state index < -0.39 is 0 Å². The zero-order chi connectivity index (χ0) is 10.8. The molecular weight excluding hydrogens is 192 g/mol. The molecule has 0 saturated heterocycles. The summed E-state index contributed by atoms with van der Waals surface area (Å²) in [7, 11) is 1.84. The second kappa shape index (κ2) is 3.81. The van der Waals surface area contributed by atoms with Crippen LogP contribution in [0.5, 0.6) is 5.75 Å². The number of anilines is 2. The number of para-hydroxylation sites is 1. The van der Waals surface area contributed by atoms with Crippen molar-refractivity contribution in [3.63, 3.8) is 0 Å². The van der Waals surface area contributed by atoms with Crippen LogP contribution >= 0.6 is 0 Å². The third kappa shape index (κ3) is 1.52. The number of hydrogen-bond donors (Lipinski definition) is 1. The predicted molar refractivity (Wildman–Crippen MR) is 59.5 cm³/mol. The van der Waals surface area contributed by atoms with E-state index in [2.05, 4.69) is 5.32 Å². The van der Waals surface area contributed by atoms with E-state index in [4.69, 9.17) is 4.74 Å². The molecule has 4 nitrogen and oxygen atoms in total. The highest BCUT2D eigenvalue weighted by Crippen LogP contribution is 2.38. The molecule has 1 aliphatic rings. The summed E-state index contributed by atoms with van der Waals surface area (Å²) in [5, 5.41) is 3.07. The van der Waals surface area contributed by atoms with Crippen molar-refractivity contribution in [2.75, 3.05) is 30.4 Å². The van der Waals surface area contributed by atoms with E-state index in [-0.39, 0.29) is 12.5 Å². The Bertz CT molecular complexity index is 376. The van der Waals surface area contributed by atoms with Crippen LogP contribution < -0.4 is 15.0 Å². The molecule has 15 heavy (non-hydrogen) atoms. The molecule has 1 N–H and O–H groups in total. The highest BCUT2D eigenvalue weighted by Gasteiger charge is 2.26. The summed E-state index contributed by atoms with van der Waals surface area (Å²) in [4.78, 5) is 13.4. The molecule has 0 saturated carbocycles. The normalized spacial score (nSPS) is 14.5. The van der Waals surface area contributed by atoms with Crippen LogP contribution in [0.2, 0.25) is 0 Å². The van der Waals surface area contributed by atoms with Gasteiger partial charge < -0.3 is 15.0 Å². The van der Waals surface area contributed by atoms with Gasteiger partial charge in [0.25, 0.3) is 5.91 Å². The van der Waals surface area contributed by atoms with Crippen molar-refractivity contribution < 1.29 is 9.53 Å². The quantitative estimate of drug-likeness (QED) is 0.796. The van der Waals surface area contributed by atoms with Crippen LogP contribution in [0.15, 0.2) is 18.2 Å². The maximum atomic E-state index is 11.6. The lowest BCUT2D eigenvalue weighted by molar-refractivity contribution is -0.121. The van der Waals surface area contributed by atoms with Gasteiger partial charge in [0.05, 0.1) is 5.69 Å². The van der Waals surface area contributed by atoms with Gasteiger partial charge in [-0.05, 0) is 19.1 Å². The number of carbonyl (C=O) groups excluding carboxylic acids is 1. The zero-order valence-electron chi connectivity index (χ0n) is 8.91. The molecule has 1 amide bonds. The van der Waals surface area contributed by atoms with Gasteiger partial charge in [-0.3, -0.25) is 4.79 Å². The van der Waals surface area contributed by atoms with E-state index >= 15 is 0 Å². The Morgan fingerprint density at radius 3 is 3.00 bits per heavy atom. The predicted octanol–water partition coefficient (Wildman–Crippen LogP) is 1.47. The van der Waals surface area contributed by atoms with Gasteiger partial charge in [0.2, 0.25) is 0 Å². The van der Waals surface area contributed by atoms with Crippen molar-refractivity contribution in [2.24, 2.45) is 0 Å². The van der Waals surface area contributed by atoms with Gasteiger partial charge in [-0.15, -0.1) is 0 Å². The maximum Gasteiger partial charge on any atom is 0.265 e. The van der Waals surface area contributed by atoms with Crippen LogP contribution in [0.25, 0.3) is 0 Å². The van der Waals surface area contributed by atoms with Gasteiger partial charge in [0.1, 0.15) is 11.4 Å². The third-order valence-electron chi connectivity index (χ3n) is 2.51. The van der Waals surface area contributed by atoms with Crippen LogP contribution in [0.3, 0.4) is 0 Å². The van der Waals surface area contributed by atoms with E-state index in [9.17, 15) is 4.79 Å². The van der Waals surface area contributed by atoms with E-state index in [1.54, 1.807) is 4.90 Å². The second-order valence-electron chi connectivity index (χ2n) is 3.33. The number of nitrogens with zero attached hydrogens (tertiary/aromatic N) is 1. The van der Waals surface area contributed by atoms with E-state index in [1.165, 1.54) is 0 Å². The summed E-state index contributed by atoms with van der Waals surface area (Å²) < 4.78 is 5.38. The molecule has 0 bridgehead atoms. The van der Waals surface area contributed by atoms with Crippen LogP contribution in [0.1, 0.15) is 6.92 Å². The summed E-state index contributed by atoms with van der Waals surface area (Å²) in [5.74, 6) is 0.774. The number of benzene rings is 1. The maximum absolute atomic E-state index is 11.6. The fourth-order valence-corrected chi connectivity index (χ4v) is 1.80. The van der Waals surface area contributed by atoms with Crippen molar-refractivity contribution in [3.05, 3.63) is 18.2 Å². The van der Waals surface area contributed by atoms with E-state index in [0.717, 1.165) is 17.1 Å². The van der Waals surface area contributed by atoms with Gasteiger partial charge in [0.15, 0.2) is 6.61 Å². The summed E-state index contributed by atoms with van der Waals surface area (Å²) in [6.07, 6.45) is 0. The van der Waals surface area contributed by atoms with Crippen molar-refractivity contribution in [1.82, 2.24) is 0 Å². The van der Waals surface area contributed by atoms with E-state index in [1.807, 2.05) is 32.2 Å². The summed E-state index contributed by atoms with van der Waals surface area (Å²) >= 11 is 0. The molecule has 2 rings (SSSR count). The van der Waals surface area contributed by atoms with Crippen molar-refractivity contribution in [3.8, 4) is 5.75 Å². The first-order chi connectivity index (χ1) is 7.27. The van der Waals surface area contributed by atoms with Gasteiger partial charge in [-0.1, -0.05) is 6.07 Å². The highest BCUT2D eigenvalue weighted by molar-refractivity contribution is 6.01. The summed E-state index contributed by atoms with van der Waals surface area (Å²) in [6.45, 7) is 2.75. The lowest BCUT2D eigenvalue weighted by atomic mass is 10.2. The van der Waals surface area contributed by atoms with Crippen molar-refractivity contribution in [2.45, 2.75) is 6.92 Å². The van der Waals surface area contributed by atoms with Crippen molar-refractivity contribution >= 4 is 17.3 Å². The molecule has 0 atom stereocenters. The number of ether oxygens (including phenoxy) is 1. The number of rotatable bonds is 2. The Morgan fingerprint density at radius 1 is 1.53 bits per heavy atom. The molecule has 4 heteroatoms. The van der Waals surface area contributed by atoms with Crippen LogP contribution in [0, 0.1) is 0 Å². The van der Waals surface area contributed by atoms with Crippen molar-refractivity contribution in [1.29, 1.82) is 0 Å². The van der Waals surface area contributed by atoms with Gasteiger partial charge in [0, 0.05) is 13.6 Å². The molecule has 0 aliphatic carbocycles. The molecule has 0 unspecified atom stereocenters. The first kappa shape index (κ1) is 9.83. The fourth-order valence-electron chi connectivity index (χ4n) is 1.80. The smallest absolute Gasteiger partial charge is 0.265 e. The first-order valence-corrected chi connectivity index (χ1v) is 5.02. The number of hydrogen-bond acceptors (Lipinski definition) is 3. The molecular formula is C11H14N2O2. The Balaban J connectivity index is 2.54. The molecule has 80 valence electrons. The van der Waals surface area contributed by atoms with Gasteiger partial charge in [-0.2, -0.15) is 0 Å². The summed E-state index contributed by atoms with van der Waals surface area (Å²) in [6, 6.07) is 5.73. The number of fused-ring (bicyclic) bond motifs is 1. The molecule has 1 aromatic carbocycles. The molecule has 1 aromatic rings. The molecule has 0 fully saturated rings. The zero-order valence-corrected chi connectivity index (χ0v) is 8.91. The lowest BCUT2D eigenvalue weighted by Gasteiger charge is -2.30. The fraction of sp³-hybridized carbons (Fsp3) is 0.364. The van der Waals surface area contributed by atoms with E-state index in [0.29, 0.717) is 6.54 Å². The largest absolute Gasteiger partial charge is 0.481 e.